The predicted molar refractivity (Wildman–Crippen MR) is 91.7 cm³/mol. The molecule has 0 bridgehead atoms. The highest BCUT2D eigenvalue weighted by molar-refractivity contribution is 7.57. The maximum absolute atomic E-state index is 11.4. The Balaban J connectivity index is 3.70. The lowest BCUT2D eigenvalue weighted by Crippen LogP contribution is -2.26. The number of hydrogen-bond acceptors (Lipinski definition) is 4. The van der Waals surface area contributed by atoms with Gasteiger partial charge >= 0.3 is 0 Å². The van der Waals surface area contributed by atoms with Crippen molar-refractivity contribution in [2.45, 2.75) is 57.3 Å². The van der Waals surface area contributed by atoms with Crippen molar-refractivity contribution in [2.24, 2.45) is 11.0 Å². The van der Waals surface area contributed by atoms with Gasteiger partial charge in [0.25, 0.3) is 15.0 Å². The van der Waals surface area contributed by atoms with Gasteiger partial charge in [0.15, 0.2) is 0 Å². The van der Waals surface area contributed by atoms with E-state index in [0.717, 1.165) is 0 Å². The van der Waals surface area contributed by atoms with Crippen LogP contribution in [0, 0.1) is 0 Å². The first-order valence-electron chi connectivity index (χ1n) is 7.59. The molecule has 10 heteroatoms. The highest BCUT2D eigenvalue weighted by atomic mass is 31.2. The molecular weight excluding hydrogens is 342 g/mol. The normalized spacial score (nSPS) is 18.4. The molecule has 0 aromatic rings. The summed E-state index contributed by atoms with van der Waals surface area (Å²) in [5.74, 6) is 0. The quantitative estimate of drug-likeness (QED) is 0.300. The van der Waals surface area contributed by atoms with E-state index in [1.807, 2.05) is 0 Å². The second-order valence-corrected chi connectivity index (χ2v) is 11.9. The molecule has 0 spiro atoms. The molecule has 0 aliphatic heterocycles. The Bertz CT molecular complexity index is 404. The van der Waals surface area contributed by atoms with Crippen molar-refractivity contribution < 1.29 is 28.4 Å². The van der Waals surface area contributed by atoms with Crippen LogP contribution in [0.1, 0.15) is 47.0 Å². The molecule has 0 heterocycles. The number of nitrogens with two attached hydrogens (primary N) is 2. The second kappa shape index (κ2) is 9.07. The molecule has 2 atom stereocenters. The highest BCUT2D eigenvalue weighted by Crippen LogP contribution is 2.49. The van der Waals surface area contributed by atoms with E-state index in [1.165, 1.54) is 0 Å². The third-order valence-corrected chi connectivity index (χ3v) is 7.94. The molecule has 23 heavy (non-hydrogen) atoms. The lowest BCUT2D eigenvalue weighted by atomic mass is 10.1. The van der Waals surface area contributed by atoms with E-state index in [2.05, 4.69) is 0 Å². The van der Waals surface area contributed by atoms with E-state index in [1.54, 1.807) is 27.7 Å². The van der Waals surface area contributed by atoms with Crippen LogP contribution in [0.4, 0.5) is 0 Å². The van der Waals surface area contributed by atoms with E-state index in [4.69, 9.17) is 20.5 Å². The number of hydrogen-bond donors (Lipinski definition) is 4. The third kappa shape index (κ3) is 8.75. The SMILES string of the molecule is CC(C)(CCOCCCOCCC(C)(C)P(N)(=O)O)P(N)(=O)O. The van der Waals surface area contributed by atoms with Crippen molar-refractivity contribution in [3.05, 3.63) is 0 Å². The van der Waals surface area contributed by atoms with Gasteiger partial charge in [-0.3, -0.25) is 20.1 Å². The number of ether oxygens (including phenoxy) is 2. The molecule has 0 saturated carbocycles. The molecule has 0 aromatic carbocycles. The van der Waals surface area contributed by atoms with Gasteiger partial charge in [-0.2, -0.15) is 0 Å². The van der Waals surface area contributed by atoms with Crippen molar-refractivity contribution in [3.8, 4) is 0 Å². The van der Waals surface area contributed by atoms with Crippen molar-refractivity contribution in [1.82, 2.24) is 0 Å². The lowest BCUT2D eigenvalue weighted by molar-refractivity contribution is 0.0756. The highest BCUT2D eigenvalue weighted by Gasteiger charge is 2.35. The summed E-state index contributed by atoms with van der Waals surface area (Å²) in [7, 11) is -7.25. The largest absolute Gasteiger partial charge is 0.381 e. The Morgan fingerprint density at radius 2 is 1.09 bits per heavy atom. The first-order chi connectivity index (χ1) is 10.2. The molecule has 0 rings (SSSR count). The van der Waals surface area contributed by atoms with Crippen LogP contribution in [-0.4, -0.2) is 46.5 Å². The number of rotatable bonds is 12. The van der Waals surface area contributed by atoms with Gasteiger partial charge in [0.05, 0.1) is 10.3 Å². The first kappa shape index (κ1) is 23.2. The molecule has 0 aliphatic rings. The maximum Gasteiger partial charge on any atom is 0.270 e. The van der Waals surface area contributed by atoms with Crippen LogP contribution < -0.4 is 11.0 Å². The predicted octanol–water partition coefficient (Wildman–Crippen LogP) is 2.04. The molecule has 6 N–H and O–H groups in total. The topological polar surface area (TPSA) is 145 Å². The standard InChI is InChI=1S/C13H32N2O6P2/c1-12(2,22(14,16)17)6-10-20-8-5-9-21-11-7-13(3,4)23(15,18)19/h5-11H2,1-4H3,(H3,14,16,17)(H3,15,18,19). The molecule has 0 fully saturated rings. The average Bonchev–Trinajstić information content (AvgIpc) is 2.33. The van der Waals surface area contributed by atoms with Gasteiger partial charge < -0.3 is 19.3 Å². The van der Waals surface area contributed by atoms with Gasteiger partial charge in [-0.05, 0) is 47.0 Å². The van der Waals surface area contributed by atoms with Gasteiger partial charge in [-0.1, -0.05) is 0 Å². The van der Waals surface area contributed by atoms with E-state index >= 15 is 0 Å². The minimum Gasteiger partial charge on any atom is -0.381 e. The summed E-state index contributed by atoms with van der Waals surface area (Å²) in [4.78, 5) is 18.8. The molecule has 0 amide bonds. The van der Waals surface area contributed by atoms with E-state index in [-0.39, 0.29) is 0 Å². The first-order valence-corrected chi connectivity index (χ1v) is 11.0. The zero-order chi connectivity index (χ0) is 18.4. The second-order valence-electron chi connectivity index (χ2n) is 6.95. The van der Waals surface area contributed by atoms with Gasteiger partial charge in [-0.15, -0.1) is 0 Å². The monoisotopic (exact) mass is 374 g/mol. The smallest absolute Gasteiger partial charge is 0.270 e. The van der Waals surface area contributed by atoms with Crippen LogP contribution in [-0.2, 0) is 18.6 Å². The maximum atomic E-state index is 11.4. The molecule has 2 unspecified atom stereocenters. The average molecular weight is 374 g/mol. The molecule has 0 aliphatic carbocycles. The van der Waals surface area contributed by atoms with E-state index in [9.17, 15) is 18.9 Å². The molecule has 0 radical (unpaired) electrons. The fourth-order valence-electron chi connectivity index (χ4n) is 1.43. The molecule has 8 nitrogen and oxygen atoms in total. The lowest BCUT2D eigenvalue weighted by Gasteiger charge is -2.27. The summed E-state index contributed by atoms with van der Waals surface area (Å²) < 4.78 is 33.7. The summed E-state index contributed by atoms with van der Waals surface area (Å²) in [6.45, 7) is 8.19. The van der Waals surface area contributed by atoms with Crippen molar-refractivity contribution in [2.75, 3.05) is 26.4 Å². The van der Waals surface area contributed by atoms with Crippen LogP contribution in [0.3, 0.4) is 0 Å². The van der Waals surface area contributed by atoms with Crippen LogP contribution in [0.25, 0.3) is 0 Å². The molecule has 0 aromatic heterocycles. The fraction of sp³-hybridized carbons (Fsp3) is 1.00. The zero-order valence-electron chi connectivity index (χ0n) is 14.5. The van der Waals surface area contributed by atoms with Crippen LogP contribution in [0.15, 0.2) is 0 Å². The van der Waals surface area contributed by atoms with Crippen LogP contribution in [0.2, 0.25) is 0 Å². The van der Waals surface area contributed by atoms with Crippen molar-refractivity contribution in [1.29, 1.82) is 0 Å². The fourth-order valence-corrected chi connectivity index (χ4v) is 2.25. The Hall–Kier alpha value is 0.220. The minimum atomic E-state index is -3.63. The Kier molecular flexibility index (Phi) is 9.15. The van der Waals surface area contributed by atoms with E-state index < -0.39 is 25.4 Å². The molecule has 140 valence electrons. The Labute approximate surface area is 138 Å². The Morgan fingerprint density at radius 3 is 1.35 bits per heavy atom. The molecule has 0 saturated heterocycles. The summed E-state index contributed by atoms with van der Waals surface area (Å²) in [6, 6.07) is 0. The van der Waals surface area contributed by atoms with Crippen LogP contribution >= 0.6 is 15.0 Å². The molecular formula is C13H32N2O6P2. The van der Waals surface area contributed by atoms with Gasteiger partial charge in [0.1, 0.15) is 0 Å². The summed E-state index contributed by atoms with van der Waals surface area (Å²) in [5.41, 5.74) is 10.5. The van der Waals surface area contributed by atoms with Crippen molar-refractivity contribution in [3.63, 3.8) is 0 Å². The zero-order valence-corrected chi connectivity index (χ0v) is 16.3. The van der Waals surface area contributed by atoms with E-state index in [0.29, 0.717) is 45.7 Å². The van der Waals surface area contributed by atoms with Gasteiger partial charge in [0.2, 0.25) is 0 Å². The van der Waals surface area contributed by atoms with Gasteiger partial charge in [-0.25, -0.2) is 0 Å². The van der Waals surface area contributed by atoms with Gasteiger partial charge in [0, 0.05) is 26.4 Å². The summed E-state index contributed by atoms with van der Waals surface area (Å²) >= 11 is 0. The minimum absolute atomic E-state index is 0.350. The summed E-state index contributed by atoms with van der Waals surface area (Å²) in [5, 5.41) is -1.73. The third-order valence-electron chi connectivity index (χ3n) is 4.03. The van der Waals surface area contributed by atoms with Crippen molar-refractivity contribution >= 4 is 15.0 Å². The Morgan fingerprint density at radius 1 is 0.783 bits per heavy atom. The summed E-state index contributed by atoms with van der Waals surface area (Å²) in [6.07, 6.45) is 1.46. The van der Waals surface area contributed by atoms with Crippen LogP contribution in [0.5, 0.6) is 0 Å².